The zero-order valence-electron chi connectivity index (χ0n) is 27.4. The van der Waals surface area contributed by atoms with Crippen LogP contribution in [0.4, 0.5) is 19.0 Å². The largest absolute Gasteiger partial charge is 0.461 e. The summed E-state index contributed by atoms with van der Waals surface area (Å²) >= 11 is 0. The minimum absolute atomic E-state index is 0.0600. The van der Waals surface area contributed by atoms with Crippen LogP contribution in [-0.2, 0) is 4.79 Å². The third kappa shape index (κ3) is 5.23. The number of benzene rings is 1. The van der Waals surface area contributed by atoms with Gasteiger partial charge in [-0.15, -0.1) is 6.42 Å². The standard InChI is InChI=1S/C36H35F3N8O3/c1-3-24-27(38)8-5-20-11-35(2,49)13-25(29(20)24)31-30(39)32-26(14-41-31)33(45-17-22-6-7-23(18-45)47(22)28(48)15-42-40)44-34(43-32)50-19-36-9-4-10-46(36)16-21(37)12-36/h1,5,8,11,14-15,21-23,49H,4,6-7,9-10,12-13,16-19H2,2H3. The lowest BCUT2D eigenvalue weighted by atomic mass is 9.85. The number of terminal acetylenes is 1. The Balaban J connectivity index is 1.27. The Labute approximate surface area is 285 Å². The van der Waals surface area contributed by atoms with Crippen LogP contribution in [0.3, 0.4) is 0 Å². The summed E-state index contributed by atoms with van der Waals surface area (Å²) in [6.07, 6.45) is 12.0. The van der Waals surface area contributed by atoms with Crippen LogP contribution in [0.5, 0.6) is 6.01 Å². The van der Waals surface area contributed by atoms with Crippen molar-refractivity contribution in [2.24, 2.45) is 0 Å². The van der Waals surface area contributed by atoms with Crippen LogP contribution in [0.15, 0.2) is 18.3 Å². The van der Waals surface area contributed by atoms with E-state index in [4.69, 9.17) is 21.7 Å². The number of aromatic nitrogens is 3. The fourth-order valence-corrected chi connectivity index (χ4v) is 8.95. The van der Waals surface area contributed by atoms with Crippen LogP contribution >= 0.6 is 0 Å². The van der Waals surface area contributed by atoms with Gasteiger partial charge in [0.25, 0.3) is 0 Å². The van der Waals surface area contributed by atoms with Crippen LogP contribution < -0.4 is 20.1 Å². The minimum atomic E-state index is -1.40. The average Bonchev–Trinajstić information content (AvgIpc) is 3.70. The second-order valence-electron chi connectivity index (χ2n) is 14.3. The van der Waals surface area contributed by atoms with Crippen molar-refractivity contribution in [2.75, 3.05) is 37.7 Å². The zero-order valence-corrected chi connectivity index (χ0v) is 27.4. The molecule has 5 unspecified atom stereocenters. The summed E-state index contributed by atoms with van der Waals surface area (Å²) in [6.45, 7) is 3.54. The first-order valence-corrected chi connectivity index (χ1v) is 16.9. The Morgan fingerprint density at radius 2 is 2.02 bits per heavy atom. The highest BCUT2D eigenvalue weighted by atomic mass is 19.1. The Hall–Kier alpha value is -4.83. The third-order valence-electron chi connectivity index (χ3n) is 11.0. The molecule has 3 aromatic rings. The molecule has 1 amide bonds. The van der Waals surface area contributed by atoms with E-state index in [9.17, 15) is 18.7 Å². The quantitative estimate of drug-likeness (QED) is 0.180. The second-order valence-corrected chi connectivity index (χ2v) is 14.3. The molecule has 0 saturated carbocycles. The molecule has 8 rings (SSSR count). The van der Waals surface area contributed by atoms with Gasteiger partial charge in [-0.05, 0) is 62.1 Å². The van der Waals surface area contributed by atoms with E-state index < -0.39 is 34.9 Å². The van der Waals surface area contributed by atoms with E-state index in [1.807, 2.05) is 4.90 Å². The number of alkyl halides is 1. The van der Waals surface area contributed by atoms with Gasteiger partial charge in [-0.25, -0.2) is 13.2 Å². The van der Waals surface area contributed by atoms with E-state index in [0.717, 1.165) is 38.4 Å². The summed E-state index contributed by atoms with van der Waals surface area (Å²) in [5, 5.41) is 12.2. The van der Waals surface area contributed by atoms with Crippen LogP contribution in [-0.4, -0.2) is 109 Å². The van der Waals surface area contributed by atoms with Gasteiger partial charge < -0.3 is 25.2 Å². The molecule has 0 spiro atoms. The molecule has 1 aromatic carbocycles. The highest BCUT2D eigenvalue weighted by Crippen LogP contribution is 2.41. The number of carbonyl (C=O) groups excluding carboxylic acids is 1. The fourth-order valence-electron chi connectivity index (χ4n) is 8.95. The molecule has 4 saturated heterocycles. The van der Waals surface area contributed by atoms with Crippen molar-refractivity contribution >= 4 is 40.5 Å². The molecule has 2 aromatic heterocycles. The van der Waals surface area contributed by atoms with Crippen molar-refractivity contribution in [3.63, 3.8) is 0 Å². The van der Waals surface area contributed by atoms with Crippen molar-refractivity contribution in [3.8, 4) is 18.4 Å². The van der Waals surface area contributed by atoms with E-state index in [-0.39, 0.29) is 58.7 Å². The minimum Gasteiger partial charge on any atom is -0.461 e. The van der Waals surface area contributed by atoms with Gasteiger partial charge >= 0.3 is 18.1 Å². The number of amides is 1. The first-order chi connectivity index (χ1) is 24.0. The number of halogens is 3. The van der Waals surface area contributed by atoms with Gasteiger partial charge in [0.2, 0.25) is 0 Å². The van der Waals surface area contributed by atoms with Crippen molar-refractivity contribution < 1.29 is 32.6 Å². The first kappa shape index (κ1) is 32.4. The molecule has 5 atom stereocenters. The lowest BCUT2D eigenvalue weighted by Gasteiger charge is -2.40. The highest BCUT2D eigenvalue weighted by Gasteiger charge is 2.50. The van der Waals surface area contributed by atoms with E-state index in [2.05, 4.69) is 25.6 Å². The molecule has 14 heteroatoms. The number of ether oxygens (including phenoxy) is 1. The molecule has 6 heterocycles. The number of aliphatic hydroxyl groups is 1. The molecule has 2 bridgehead atoms. The lowest BCUT2D eigenvalue weighted by molar-refractivity contribution is -0.130. The zero-order chi connectivity index (χ0) is 34.9. The topological polar surface area (TPSA) is 131 Å². The maximum absolute atomic E-state index is 17.1. The summed E-state index contributed by atoms with van der Waals surface area (Å²) in [4.78, 5) is 35.3. The molecule has 0 radical (unpaired) electrons. The first-order valence-electron chi connectivity index (χ1n) is 16.9. The van der Waals surface area contributed by atoms with Crippen molar-refractivity contribution in [2.45, 2.75) is 74.8 Å². The monoisotopic (exact) mass is 684 g/mol. The molecule has 50 heavy (non-hydrogen) atoms. The van der Waals surface area contributed by atoms with Gasteiger partial charge in [-0.2, -0.15) is 14.8 Å². The van der Waals surface area contributed by atoms with E-state index in [0.29, 0.717) is 42.5 Å². The van der Waals surface area contributed by atoms with Gasteiger partial charge in [0.05, 0.1) is 34.2 Å². The molecule has 258 valence electrons. The molecular weight excluding hydrogens is 649 g/mol. The fraction of sp³-hybridized carbons (Fsp3) is 0.472. The van der Waals surface area contributed by atoms with Crippen LogP contribution in [0.2, 0.25) is 0 Å². The predicted molar refractivity (Wildman–Crippen MR) is 177 cm³/mol. The van der Waals surface area contributed by atoms with Crippen LogP contribution in [0.25, 0.3) is 28.1 Å². The van der Waals surface area contributed by atoms with Gasteiger partial charge in [-0.3, -0.25) is 14.7 Å². The number of anilines is 1. The SMILES string of the molecule is C#Cc1c(F)ccc2c1=C(c1ncc3c(N4CC5CCC(C4)N5C(=O)C=[N+]=[N-])nc(OCC45CCCN4CC(F)C5)nc3c1F)CC(C)(O)C=2. The van der Waals surface area contributed by atoms with E-state index in [1.54, 1.807) is 17.9 Å². The number of piperazine rings is 1. The van der Waals surface area contributed by atoms with Crippen LogP contribution in [0.1, 0.15) is 56.7 Å². The van der Waals surface area contributed by atoms with Gasteiger partial charge in [0.15, 0.2) is 5.82 Å². The van der Waals surface area contributed by atoms with Crippen molar-refractivity contribution in [1.29, 1.82) is 0 Å². The van der Waals surface area contributed by atoms with Crippen LogP contribution in [0, 0.1) is 24.0 Å². The Morgan fingerprint density at radius 1 is 1.24 bits per heavy atom. The summed E-state index contributed by atoms with van der Waals surface area (Å²) in [5.74, 6) is 0.889. The molecule has 1 N–H and O–H groups in total. The maximum Gasteiger partial charge on any atom is 0.344 e. The smallest absolute Gasteiger partial charge is 0.344 e. The summed E-state index contributed by atoms with van der Waals surface area (Å²) in [6, 6.07) is 2.21. The highest BCUT2D eigenvalue weighted by molar-refractivity contribution is 6.24. The van der Waals surface area contributed by atoms with Gasteiger partial charge in [0, 0.05) is 43.9 Å². The number of pyridine rings is 1. The summed E-state index contributed by atoms with van der Waals surface area (Å²) < 4.78 is 52.8. The van der Waals surface area contributed by atoms with E-state index in [1.165, 1.54) is 18.3 Å². The lowest BCUT2D eigenvalue weighted by Crippen LogP contribution is -2.56. The number of hydrogen-bond donors (Lipinski definition) is 1. The summed E-state index contributed by atoms with van der Waals surface area (Å²) in [7, 11) is 0. The van der Waals surface area contributed by atoms with Gasteiger partial charge in [0.1, 0.15) is 35.6 Å². The molecule has 1 aliphatic carbocycles. The number of carbonyl (C=O) groups is 1. The number of rotatable bonds is 6. The maximum atomic E-state index is 17.1. The molecular formula is C36H35F3N8O3. The average molecular weight is 685 g/mol. The molecule has 4 fully saturated rings. The molecule has 4 aliphatic heterocycles. The number of fused-ring (bicyclic) bond motifs is 5. The van der Waals surface area contributed by atoms with Crippen molar-refractivity contribution in [1.82, 2.24) is 24.8 Å². The predicted octanol–water partition coefficient (Wildman–Crippen LogP) is 1.85. The Morgan fingerprint density at radius 3 is 2.76 bits per heavy atom. The van der Waals surface area contributed by atoms with E-state index >= 15 is 4.39 Å². The molecule has 5 aliphatic rings. The Bertz CT molecular complexity index is 2150. The van der Waals surface area contributed by atoms with Crippen molar-refractivity contribution in [3.05, 3.63) is 57.2 Å². The molecule has 11 nitrogen and oxygen atoms in total. The number of hydrogen-bond acceptors (Lipinski definition) is 8. The second kappa shape index (κ2) is 11.9. The normalized spacial score (nSPS) is 28.6. The summed E-state index contributed by atoms with van der Waals surface area (Å²) in [5.41, 5.74) is 7.02. The Kier molecular flexibility index (Phi) is 7.71. The van der Waals surface area contributed by atoms with Gasteiger partial charge in [-0.1, -0.05) is 12.0 Å². The third-order valence-corrected chi connectivity index (χ3v) is 11.0. The number of nitrogens with zero attached hydrogens (tertiary/aromatic N) is 8.